The molecule has 1 saturated heterocycles. The lowest BCUT2D eigenvalue weighted by Crippen LogP contribution is -2.51. The number of non-ortho nitro benzene ring substituents is 1. The van der Waals surface area contributed by atoms with E-state index in [2.05, 4.69) is 5.32 Å². The maximum Gasteiger partial charge on any atom is 0.326 e. The van der Waals surface area contributed by atoms with Crippen LogP contribution in [0, 0.1) is 17.0 Å². The summed E-state index contributed by atoms with van der Waals surface area (Å²) in [6.45, 7) is 3.13. The number of hydrogen-bond donors (Lipinski definition) is 2. The maximum absolute atomic E-state index is 12.6. The van der Waals surface area contributed by atoms with Crippen LogP contribution in [0.3, 0.4) is 0 Å². The topological polar surface area (TPSA) is 159 Å². The molecule has 0 aliphatic carbocycles. The second kappa shape index (κ2) is 13.2. The highest BCUT2D eigenvalue weighted by Gasteiger charge is 2.26. The standard InChI is InChI=1S/C26H30N4O8/c1-18-17-20(30(36)37)7-9-22(18)38-16-11-24(32)29-14-12-28(13-15-29)23(31)10-8-21(26(34)35)27-25(33)19-5-3-2-4-6-19/h2-7,9,17,21H,8,10-16H2,1H3,(H,27,33)(H,34,35)/t21-/m0/s1. The van der Waals surface area contributed by atoms with Crippen molar-refractivity contribution in [2.75, 3.05) is 32.8 Å². The summed E-state index contributed by atoms with van der Waals surface area (Å²) in [4.78, 5) is 62.6. The monoisotopic (exact) mass is 526 g/mol. The predicted octanol–water partition coefficient (Wildman–Crippen LogP) is 2.01. The number of benzene rings is 2. The van der Waals surface area contributed by atoms with Crippen molar-refractivity contribution in [2.45, 2.75) is 32.2 Å². The van der Waals surface area contributed by atoms with Crippen LogP contribution in [-0.2, 0) is 14.4 Å². The van der Waals surface area contributed by atoms with E-state index in [1.807, 2.05) is 0 Å². The van der Waals surface area contributed by atoms with Crippen molar-refractivity contribution in [1.29, 1.82) is 0 Å². The van der Waals surface area contributed by atoms with E-state index in [0.717, 1.165) is 0 Å². The number of carboxylic acid groups (broad SMARTS) is 1. The summed E-state index contributed by atoms with van der Waals surface area (Å²) in [5.41, 5.74) is 0.899. The van der Waals surface area contributed by atoms with Crippen LogP contribution < -0.4 is 10.1 Å². The van der Waals surface area contributed by atoms with Crippen LogP contribution >= 0.6 is 0 Å². The zero-order valence-corrected chi connectivity index (χ0v) is 21.0. The molecule has 1 atom stereocenters. The Labute approximate surface area is 219 Å². The lowest BCUT2D eigenvalue weighted by molar-refractivity contribution is -0.384. The summed E-state index contributed by atoms with van der Waals surface area (Å²) in [7, 11) is 0. The first kappa shape index (κ1) is 28.1. The van der Waals surface area contributed by atoms with Gasteiger partial charge in [-0.15, -0.1) is 0 Å². The van der Waals surface area contributed by atoms with Gasteiger partial charge in [0.1, 0.15) is 11.8 Å². The van der Waals surface area contributed by atoms with Gasteiger partial charge in [-0.1, -0.05) is 18.2 Å². The largest absolute Gasteiger partial charge is 0.493 e. The Morgan fingerprint density at radius 2 is 1.61 bits per heavy atom. The number of carbonyl (C=O) groups is 4. The molecule has 1 aliphatic heterocycles. The zero-order valence-electron chi connectivity index (χ0n) is 21.0. The second-order valence-electron chi connectivity index (χ2n) is 8.84. The number of rotatable bonds is 11. The van der Waals surface area contributed by atoms with Gasteiger partial charge in [0, 0.05) is 50.3 Å². The lowest BCUT2D eigenvalue weighted by atomic mass is 10.1. The number of hydrogen-bond acceptors (Lipinski definition) is 7. The molecule has 202 valence electrons. The number of carbonyl (C=O) groups excluding carboxylic acids is 3. The quantitative estimate of drug-likeness (QED) is 0.332. The Morgan fingerprint density at radius 3 is 2.16 bits per heavy atom. The van der Waals surface area contributed by atoms with Crippen LogP contribution in [0.25, 0.3) is 0 Å². The molecule has 0 saturated carbocycles. The second-order valence-corrected chi connectivity index (χ2v) is 8.84. The molecule has 2 aromatic carbocycles. The highest BCUT2D eigenvalue weighted by molar-refractivity contribution is 5.96. The number of ether oxygens (including phenoxy) is 1. The van der Waals surface area contributed by atoms with Crippen LogP contribution in [0.4, 0.5) is 5.69 Å². The lowest BCUT2D eigenvalue weighted by Gasteiger charge is -2.35. The van der Waals surface area contributed by atoms with E-state index in [1.54, 1.807) is 47.1 Å². The van der Waals surface area contributed by atoms with Crippen LogP contribution in [-0.4, -0.2) is 82.3 Å². The number of carboxylic acids is 1. The Morgan fingerprint density at radius 1 is 1.00 bits per heavy atom. The fourth-order valence-corrected chi connectivity index (χ4v) is 4.04. The summed E-state index contributed by atoms with van der Waals surface area (Å²) in [6, 6.07) is 11.3. The number of nitro groups is 1. The Balaban J connectivity index is 1.39. The molecule has 2 aromatic rings. The molecule has 0 spiro atoms. The van der Waals surface area contributed by atoms with E-state index in [0.29, 0.717) is 43.1 Å². The zero-order chi connectivity index (χ0) is 27.7. The SMILES string of the molecule is Cc1cc([N+](=O)[O-])ccc1OCCC(=O)N1CCN(C(=O)CC[C@H](NC(=O)c2ccccc2)C(=O)O)CC1. The van der Waals surface area contributed by atoms with E-state index < -0.39 is 22.8 Å². The molecule has 2 N–H and O–H groups in total. The Kier molecular flexibility index (Phi) is 9.74. The van der Waals surface area contributed by atoms with Gasteiger partial charge in [0.2, 0.25) is 11.8 Å². The van der Waals surface area contributed by atoms with Gasteiger partial charge in [0.05, 0.1) is 18.0 Å². The van der Waals surface area contributed by atoms with E-state index >= 15 is 0 Å². The summed E-state index contributed by atoms with van der Waals surface area (Å²) < 4.78 is 5.61. The van der Waals surface area contributed by atoms with Crippen LogP contribution in [0.15, 0.2) is 48.5 Å². The number of piperazine rings is 1. The average Bonchev–Trinajstić information content (AvgIpc) is 2.91. The third-order valence-corrected chi connectivity index (χ3v) is 6.21. The van der Waals surface area contributed by atoms with Crippen molar-refractivity contribution in [3.63, 3.8) is 0 Å². The number of nitrogens with zero attached hydrogens (tertiary/aromatic N) is 3. The minimum atomic E-state index is -1.22. The third-order valence-electron chi connectivity index (χ3n) is 6.21. The summed E-state index contributed by atoms with van der Waals surface area (Å²) >= 11 is 0. The molecule has 1 heterocycles. The molecule has 1 aliphatic rings. The molecule has 12 nitrogen and oxygen atoms in total. The van der Waals surface area contributed by atoms with Crippen molar-refractivity contribution in [3.05, 3.63) is 69.8 Å². The fraction of sp³-hybridized carbons (Fsp3) is 0.385. The Bertz CT molecular complexity index is 1180. The van der Waals surface area contributed by atoms with Crippen molar-refractivity contribution in [1.82, 2.24) is 15.1 Å². The molecule has 12 heteroatoms. The van der Waals surface area contributed by atoms with Crippen LogP contribution in [0.1, 0.15) is 35.2 Å². The van der Waals surface area contributed by atoms with E-state index in [1.165, 1.54) is 18.2 Å². The van der Waals surface area contributed by atoms with Crippen LogP contribution in [0.2, 0.25) is 0 Å². The molecule has 1 fully saturated rings. The number of aliphatic carboxylic acids is 1. The molecule has 38 heavy (non-hydrogen) atoms. The minimum Gasteiger partial charge on any atom is -0.493 e. The molecule has 3 rings (SSSR count). The van der Waals surface area contributed by atoms with Gasteiger partial charge in [0.25, 0.3) is 11.6 Å². The number of amides is 3. The van der Waals surface area contributed by atoms with Gasteiger partial charge >= 0.3 is 5.97 Å². The first-order valence-electron chi connectivity index (χ1n) is 12.2. The van der Waals surface area contributed by atoms with Gasteiger partial charge in [-0.2, -0.15) is 0 Å². The van der Waals surface area contributed by atoms with E-state index in [-0.39, 0.29) is 43.4 Å². The molecule has 0 bridgehead atoms. The van der Waals surface area contributed by atoms with Gasteiger partial charge in [-0.25, -0.2) is 4.79 Å². The van der Waals surface area contributed by atoms with Crippen LogP contribution in [0.5, 0.6) is 5.75 Å². The van der Waals surface area contributed by atoms with Gasteiger partial charge in [-0.05, 0) is 37.1 Å². The molecule has 0 unspecified atom stereocenters. The molecule has 3 amide bonds. The van der Waals surface area contributed by atoms with E-state index in [4.69, 9.17) is 4.74 Å². The fourth-order valence-electron chi connectivity index (χ4n) is 4.04. The summed E-state index contributed by atoms with van der Waals surface area (Å²) in [5.74, 6) is -1.65. The highest BCUT2D eigenvalue weighted by atomic mass is 16.6. The smallest absolute Gasteiger partial charge is 0.326 e. The molecular weight excluding hydrogens is 496 g/mol. The molecular formula is C26H30N4O8. The summed E-state index contributed by atoms with van der Waals surface area (Å²) in [6.07, 6.45) is 0.0134. The minimum absolute atomic E-state index is 0.0336. The maximum atomic E-state index is 12.6. The molecule has 0 radical (unpaired) electrons. The van der Waals surface area contributed by atoms with Gasteiger partial charge < -0.3 is 25.0 Å². The van der Waals surface area contributed by atoms with Gasteiger partial charge in [0.15, 0.2) is 0 Å². The van der Waals surface area contributed by atoms with Gasteiger partial charge in [-0.3, -0.25) is 24.5 Å². The number of nitrogens with one attached hydrogen (secondary N) is 1. The number of aryl methyl sites for hydroxylation is 1. The Hall–Kier alpha value is -4.48. The predicted molar refractivity (Wildman–Crippen MR) is 136 cm³/mol. The third kappa shape index (κ3) is 7.76. The summed E-state index contributed by atoms with van der Waals surface area (Å²) in [5, 5.41) is 22.8. The van der Waals surface area contributed by atoms with Crippen molar-refractivity contribution in [2.24, 2.45) is 0 Å². The number of nitro benzene ring substituents is 1. The van der Waals surface area contributed by atoms with Crippen molar-refractivity contribution < 1.29 is 33.9 Å². The first-order valence-corrected chi connectivity index (χ1v) is 12.2. The average molecular weight is 527 g/mol. The molecule has 0 aromatic heterocycles. The first-order chi connectivity index (χ1) is 18.2. The normalized spacial score (nSPS) is 13.9. The van der Waals surface area contributed by atoms with E-state index in [9.17, 15) is 34.4 Å². The van der Waals surface area contributed by atoms with Crippen molar-refractivity contribution >= 4 is 29.4 Å². The highest BCUT2D eigenvalue weighted by Crippen LogP contribution is 2.23. The van der Waals surface area contributed by atoms with Crippen molar-refractivity contribution in [3.8, 4) is 5.75 Å².